The molecule has 0 saturated carbocycles. The Kier molecular flexibility index (Phi) is 4.16. The third-order valence-electron chi connectivity index (χ3n) is 4.10. The molecule has 0 unspecified atom stereocenters. The van der Waals surface area contributed by atoms with E-state index in [4.69, 9.17) is 4.98 Å². The minimum atomic E-state index is 0.220. The zero-order valence-corrected chi connectivity index (χ0v) is 15.0. The zero-order chi connectivity index (χ0) is 16.5. The molecule has 3 aromatic rings. The van der Waals surface area contributed by atoms with E-state index >= 15 is 0 Å². The molecule has 122 valence electrons. The van der Waals surface area contributed by atoms with Crippen molar-refractivity contribution in [2.45, 2.75) is 26.2 Å². The summed E-state index contributed by atoms with van der Waals surface area (Å²) in [6.07, 6.45) is 2.40. The normalized spacial score (nSPS) is 14.5. The summed E-state index contributed by atoms with van der Waals surface area (Å²) in [7, 11) is 0. The first-order valence-corrected chi connectivity index (χ1v) is 9.71. The molecule has 0 atom stereocenters. The first-order valence-electron chi connectivity index (χ1n) is 7.95. The van der Waals surface area contributed by atoms with Crippen molar-refractivity contribution in [3.05, 3.63) is 50.7 Å². The molecule has 1 aliphatic heterocycles. The van der Waals surface area contributed by atoms with Gasteiger partial charge in [0.25, 0.3) is 0 Å². The van der Waals surface area contributed by atoms with Crippen molar-refractivity contribution >= 4 is 34.3 Å². The maximum Gasteiger partial charge on any atom is 0.227 e. The Hall–Kier alpha value is -2.05. The predicted octanol–water partition coefficient (Wildman–Crippen LogP) is 4.29. The fourth-order valence-corrected chi connectivity index (χ4v) is 4.33. The lowest BCUT2D eigenvalue weighted by atomic mass is 10.1. The lowest BCUT2D eigenvalue weighted by Crippen LogP contribution is -2.23. The van der Waals surface area contributed by atoms with Crippen molar-refractivity contribution in [1.82, 2.24) is 9.97 Å². The third kappa shape index (κ3) is 3.12. The van der Waals surface area contributed by atoms with E-state index in [-0.39, 0.29) is 5.91 Å². The Morgan fingerprint density at radius 1 is 1.12 bits per heavy atom. The number of hydrogen-bond donors (Lipinski definition) is 0. The van der Waals surface area contributed by atoms with E-state index in [1.165, 1.54) is 0 Å². The molecule has 0 aliphatic carbocycles. The monoisotopic (exact) mass is 355 g/mol. The first kappa shape index (κ1) is 15.5. The van der Waals surface area contributed by atoms with Gasteiger partial charge in [-0.2, -0.15) is 0 Å². The van der Waals surface area contributed by atoms with Gasteiger partial charge >= 0.3 is 0 Å². The van der Waals surface area contributed by atoms with Crippen LogP contribution in [0.3, 0.4) is 0 Å². The number of carbonyl (C=O) groups is 1. The van der Waals surface area contributed by atoms with Crippen LogP contribution >= 0.6 is 22.7 Å². The van der Waals surface area contributed by atoms with Crippen molar-refractivity contribution in [3.63, 3.8) is 0 Å². The van der Waals surface area contributed by atoms with Crippen LogP contribution in [0.25, 0.3) is 11.3 Å². The molecule has 0 bridgehead atoms. The van der Waals surface area contributed by atoms with Gasteiger partial charge in [-0.3, -0.25) is 4.79 Å². The second kappa shape index (κ2) is 6.45. The van der Waals surface area contributed by atoms with Gasteiger partial charge in [-0.25, -0.2) is 9.97 Å². The number of hydrogen-bond acceptors (Lipinski definition) is 5. The number of nitrogens with zero attached hydrogens (tertiary/aromatic N) is 3. The van der Waals surface area contributed by atoms with Crippen LogP contribution in [0.5, 0.6) is 0 Å². The highest BCUT2D eigenvalue weighted by atomic mass is 32.1. The van der Waals surface area contributed by atoms with Crippen molar-refractivity contribution < 1.29 is 4.79 Å². The summed E-state index contributed by atoms with van der Waals surface area (Å²) in [6, 6.07) is 8.13. The van der Waals surface area contributed by atoms with Gasteiger partial charge in [-0.1, -0.05) is 12.1 Å². The molecular weight excluding hydrogens is 338 g/mol. The van der Waals surface area contributed by atoms with Crippen LogP contribution in [0.4, 0.5) is 5.69 Å². The van der Waals surface area contributed by atoms with E-state index in [0.717, 1.165) is 52.0 Å². The molecule has 1 amide bonds. The Balaban J connectivity index is 1.50. The molecule has 0 N–H and O–H groups in total. The highest BCUT2D eigenvalue weighted by molar-refractivity contribution is 7.10. The van der Waals surface area contributed by atoms with Gasteiger partial charge in [0.15, 0.2) is 0 Å². The SMILES string of the molecule is Cc1nc(Cc2nc(-c3ccc(N4CCCC4=O)cc3)cs2)cs1. The van der Waals surface area contributed by atoms with E-state index in [9.17, 15) is 4.79 Å². The van der Waals surface area contributed by atoms with Crippen molar-refractivity contribution in [1.29, 1.82) is 0 Å². The van der Waals surface area contributed by atoms with Crippen LogP contribution < -0.4 is 4.90 Å². The number of benzene rings is 1. The number of anilines is 1. The summed E-state index contributed by atoms with van der Waals surface area (Å²) in [5, 5.41) is 6.35. The minimum Gasteiger partial charge on any atom is -0.312 e. The average molecular weight is 355 g/mol. The summed E-state index contributed by atoms with van der Waals surface area (Å²) in [5.41, 5.74) is 4.14. The van der Waals surface area contributed by atoms with Crippen molar-refractivity contribution in [2.75, 3.05) is 11.4 Å². The topological polar surface area (TPSA) is 46.1 Å². The van der Waals surface area contributed by atoms with Crippen LogP contribution in [0, 0.1) is 6.92 Å². The number of aryl methyl sites for hydroxylation is 1. The summed E-state index contributed by atoms with van der Waals surface area (Å²) >= 11 is 3.34. The zero-order valence-electron chi connectivity index (χ0n) is 13.4. The quantitative estimate of drug-likeness (QED) is 0.701. The van der Waals surface area contributed by atoms with E-state index in [2.05, 4.69) is 15.7 Å². The summed E-state index contributed by atoms with van der Waals surface area (Å²) in [6.45, 7) is 2.85. The van der Waals surface area contributed by atoms with Crippen molar-refractivity contribution in [3.8, 4) is 11.3 Å². The van der Waals surface area contributed by atoms with E-state index in [1.54, 1.807) is 22.7 Å². The van der Waals surface area contributed by atoms with Gasteiger partial charge < -0.3 is 4.90 Å². The van der Waals surface area contributed by atoms with Crippen molar-refractivity contribution in [2.24, 2.45) is 0 Å². The van der Waals surface area contributed by atoms with Gasteiger partial charge in [0, 0.05) is 41.4 Å². The summed E-state index contributed by atoms with van der Waals surface area (Å²) in [4.78, 5) is 22.9. The fourth-order valence-electron chi connectivity index (χ4n) is 2.90. The molecule has 4 nitrogen and oxygen atoms in total. The average Bonchev–Trinajstić information content (AvgIpc) is 3.30. The Morgan fingerprint density at radius 2 is 1.96 bits per heavy atom. The maximum atomic E-state index is 11.8. The van der Waals surface area contributed by atoms with Gasteiger partial charge in [-0.05, 0) is 25.5 Å². The van der Waals surface area contributed by atoms with Crippen LogP contribution in [-0.4, -0.2) is 22.4 Å². The molecule has 1 aromatic carbocycles. The van der Waals surface area contributed by atoms with Crippen LogP contribution in [0.15, 0.2) is 35.0 Å². The second-order valence-electron chi connectivity index (χ2n) is 5.86. The standard InChI is InChI=1S/C18H17N3OS2/c1-12-19-14(10-23-12)9-17-20-16(11-24-17)13-4-6-15(7-5-13)21-8-2-3-18(21)22/h4-7,10-11H,2-3,8-9H2,1H3. The molecule has 4 rings (SSSR count). The lowest BCUT2D eigenvalue weighted by Gasteiger charge is -2.15. The molecular formula is C18H17N3OS2. The van der Waals surface area contributed by atoms with E-state index < -0.39 is 0 Å². The highest BCUT2D eigenvalue weighted by Crippen LogP contribution is 2.27. The fraction of sp³-hybridized carbons (Fsp3) is 0.278. The van der Waals surface area contributed by atoms with Gasteiger partial charge in [0.05, 0.1) is 21.4 Å². The molecule has 1 fully saturated rings. The van der Waals surface area contributed by atoms with E-state index in [0.29, 0.717) is 6.42 Å². The van der Waals surface area contributed by atoms with Gasteiger partial charge in [0.2, 0.25) is 5.91 Å². The molecule has 24 heavy (non-hydrogen) atoms. The van der Waals surface area contributed by atoms with E-state index in [1.807, 2.05) is 36.1 Å². The smallest absolute Gasteiger partial charge is 0.227 e. The predicted molar refractivity (Wildman–Crippen MR) is 98.8 cm³/mol. The number of amides is 1. The van der Waals surface area contributed by atoms with Gasteiger partial charge in [0.1, 0.15) is 0 Å². The Labute approximate surface area is 148 Å². The largest absolute Gasteiger partial charge is 0.312 e. The molecule has 1 aliphatic rings. The lowest BCUT2D eigenvalue weighted by molar-refractivity contribution is -0.117. The van der Waals surface area contributed by atoms with Crippen LogP contribution in [0.1, 0.15) is 28.6 Å². The number of aromatic nitrogens is 2. The summed E-state index contributed by atoms with van der Waals surface area (Å²) in [5.74, 6) is 0.220. The molecule has 0 radical (unpaired) electrons. The Morgan fingerprint density at radius 3 is 2.62 bits per heavy atom. The highest BCUT2D eigenvalue weighted by Gasteiger charge is 2.21. The number of rotatable bonds is 4. The maximum absolute atomic E-state index is 11.8. The molecule has 0 spiro atoms. The summed E-state index contributed by atoms with van der Waals surface area (Å²) < 4.78 is 0. The first-order chi connectivity index (χ1) is 11.7. The molecule has 3 heterocycles. The van der Waals surface area contributed by atoms with Crippen LogP contribution in [0.2, 0.25) is 0 Å². The van der Waals surface area contributed by atoms with Crippen LogP contribution in [-0.2, 0) is 11.2 Å². The van der Waals surface area contributed by atoms with Gasteiger partial charge in [-0.15, -0.1) is 22.7 Å². The second-order valence-corrected chi connectivity index (χ2v) is 7.86. The minimum absolute atomic E-state index is 0.220. The number of carbonyl (C=O) groups excluding carboxylic acids is 1. The third-order valence-corrected chi connectivity index (χ3v) is 5.77. The number of thiazole rings is 2. The molecule has 1 saturated heterocycles. The molecule has 6 heteroatoms. The molecule has 2 aromatic heterocycles. The Bertz CT molecular complexity index is 867.